The van der Waals surface area contributed by atoms with E-state index in [9.17, 15) is 0 Å². The second-order valence-corrected chi connectivity index (χ2v) is 14.8. The highest BCUT2D eigenvalue weighted by Gasteiger charge is 2.26. The number of anilines is 6. The van der Waals surface area contributed by atoms with Crippen molar-refractivity contribution in [2.24, 2.45) is 0 Å². The van der Waals surface area contributed by atoms with Gasteiger partial charge >= 0.3 is 0 Å². The van der Waals surface area contributed by atoms with E-state index < -0.39 is 0 Å². The van der Waals surface area contributed by atoms with Gasteiger partial charge in [-0.15, -0.1) is 0 Å². The molecule has 0 N–H and O–H groups in total. The number of benzene rings is 9. The third-order valence-electron chi connectivity index (χ3n) is 11.0. The van der Waals surface area contributed by atoms with Crippen LogP contribution in [0.5, 0.6) is 0 Å². The summed E-state index contributed by atoms with van der Waals surface area (Å²) in [6.45, 7) is 0. The Balaban J connectivity index is 1.21. The van der Waals surface area contributed by atoms with Crippen LogP contribution in [0.4, 0.5) is 34.1 Å². The van der Waals surface area contributed by atoms with Gasteiger partial charge in [0, 0.05) is 39.0 Å². The van der Waals surface area contributed by atoms with E-state index in [1.165, 1.54) is 0 Å². The Morgan fingerprint density at radius 3 is 1.72 bits per heavy atom. The monoisotopic (exact) mass is 771 g/mol. The third-order valence-corrected chi connectivity index (χ3v) is 11.0. The molecule has 284 valence electrons. The number of oxazole rings is 1. The number of hydrogen-bond acceptors (Lipinski definition) is 5. The lowest BCUT2D eigenvalue weighted by Crippen LogP contribution is -2.14. The molecular weight excluding hydrogens is 735 g/mol. The van der Waals surface area contributed by atoms with Crippen molar-refractivity contribution in [1.82, 2.24) is 4.98 Å². The average molecular weight is 772 g/mol. The second-order valence-electron chi connectivity index (χ2n) is 14.8. The molecule has 9 aromatic carbocycles. The van der Waals surface area contributed by atoms with Crippen molar-refractivity contribution in [3.8, 4) is 33.7 Å². The van der Waals surface area contributed by atoms with Crippen molar-refractivity contribution in [3.63, 3.8) is 0 Å². The van der Waals surface area contributed by atoms with Gasteiger partial charge in [0.2, 0.25) is 5.89 Å². The smallest absolute Gasteiger partial charge is 0.227 e. The molecule has 0 bridgehead atoms. The van der Waals surface area contributed by atoms with Crippen molar-refractivity contribution in [1.29, 1.82) is 0 Å². The Morgan fingerprint density at radius 1 is 0.333 bits per heavy atom. The summed E-state index contributed by atoms with van der Waals surface area (Å²) < 4.78 is 13.2. The van der Waals surface area contributed by atoms with Crippen molar-refractivity contribution >= 4 is 67.2 Å². The zero-order valence-corrected chi connectivity index (χ0v) is 32.5. The highest BCUT2D eigenvalue weighted by molar-refractivity contribution is 6.07. The first kappa shape index (κ1) is 35.0. The largest absolute Gasteiger partial charge is 0.456 e. The average Bonchev–Trinajstić information content (AvgIpc) is 3.93. The van der Waals surface area contributed by atoms with Gasteiger partial charge in [0.25, 0.3) is 0 Å². The van der Waals surface area contributed by atoms with E-state index in [4.69, 9.17) is 13.8 Å². The van der Waals surface area contributed by atoms with Crippen LogP contribution in [-0.4, -0.2) is 4.98 Å². The Morgan fingerprint density at radius 2 is 0.933 bits per heavy atom. The molecule has 0 fully saturated rings. The molecule has 5 heteroatoms. The maximum Gasteiger partial charge on any atom is 0.227 e. The summed E-state index contributed by atoms with van der Waals surface area (Å²) in [5, 5.41) is 2.12. The van der Waals surface area contributed by atoms with Gasteiger partial charge in [-0.3, -0.25) is 0 Å². The number of para-hydroxylation sites is 3. The molecule has 0 saturated heterocycles. The van der Waals surface area contributed by atoms with E-state index in [1.54, 1.807) is 0 Å². The van der Waals surface area contributed by atoms with Gasteiger partial charge in [-0.05, 0) is 95.6 Å². The molecule has 0 radical (unpaired) electrons. The van der Waals surface area contributed by atoms with Crippen molar-refractivity contribution in [2.45, 2.75) is 0 Å². The van der Waals surface area contributed by atoms with Crippen molar-refractivity contribution in [2.75, 3.05) is 9.80 Å². The molecule has 2 heterocycles. The molecule has 2 aromatic heterocycles. The highest BCUT2D eigenvalue weighted by Crippen LogP contribution is 2.48. The van der Waals surface area contributed by atoms with E-state index in [0.29, 0.717) is 11.5 Å². The van der Waals surface area contributed by atoms with Crippen LogP contribution < -0.4 is 9.80 Å². The van der Waals surface area contributed by atoms with Gasteiger partial charge in [-0.2, -0.15) is 0 Å². The molecule has 0 aliphatic heterocycles. The quantitative estimate of drug-likeness (QED) is 0.146. The number of rotatable bonds is 9. The van der Waals surface area contributed by atoms with Gasteiger partial charge in [0.05, 0.1) is 17.1 Å². The number of aromatic nitrogens is 1. The second kappa shape index (κ2) is 15.0. The van der Waals surface area contributed by atoms with Crippen LogP contribution in [0.25, 0.3) is 66.7 Å². The van der Waals surface area contributed by atoms with E-state index in [2.05, 4.69) is 192 Å². The van der Waals surface area contributed by atoms with Gasteiger partial charge < -0.3 is 18.6 Å². The molecule has 0 atom stereocenters. The summed E-state index contributed by atoms with van der Waals surface area (Å²) >= 11 is 0. The molecule has 0 aliphatic carbocycles. The minimum Gasteiger partial charge on any atom is -0.456 e. The minimum absolute atomic E-state index is 0.553. The molecule has 0 aliphatic rings. The lowest BCUT2D eigenvalue weighted by atomic mass is 10.0. The van der Waals surface area contributed by atoms with Gasteiger partial charge in [0.1, 0.15) is 16.7 Å². The first-order valence-electron chi connectivity index (χ1n) is 20.1. The molecule has 0 unspecified atom stereocenters. The van der Waals surface area contributed by atoms with E-state index in [-0.39, 0.29) is 0 Å². The fraction of sp³-hybridized carbons (Fsp3) is 0. The van der Waals surface area contributed by atoms with E-state index in [1.807, 2.05) is 42.5 Å². The fourth-order valence-electron chi connectivity index (χ4n) is 8.27. The van der Waals surface area contributed by atoms with Crippen LogP contribution in [0, 0.1) is 0 Å². The Kier molecular flexibility index (Phi) is 8.75. The highest BCUT2D eigenvalue weighted by atomic mass is 16.3. The van der Waals surface area contributed by atoms with Crippen LogP contribution in [0.3, 0.4) is 0 Å². The van der Waals surface area contributed by atoms with Crippen LogP contribution in [0.2, 0.25) is 0 Å². The van der Waals surface area contributed by atoms with Crippen LogP contribution in [0.15, 0.2) is 233 Å². The summed E-state index contributed by atoms with van der Waals surface area (Å²) in [7, 11) is 0. The molecule has 60 heavy (non-hydrogen) atoms. The molecule has 11 aromatic rings. The Labute approximate surface area is 347 Å². The summed E-state index contributed by atoms with van der Waals surface area (Å²) in [5.74, 6) is 0.553. The topological polar surface area (TPSA) is 45.7 Å². The van der Waals surface area contributed by atoms with Crippen LogP contribution in [0.1, 0.15) is 0 Å². The number of nitrogens with zero attached hydrogens (tertiary/aromatic N) is 3. The Hall–Kier alpha value is -8.15. The molecule has 5 nitrogen and oxygen atoms in total. The van der Waals surface area contributed by atoms with Gasteiger partial charge in [-0.25, -0.2) is 4.98 Å². The lowest BCUT2D eigenvalue weighted by Gasteiger charge is -2.30. The van der Waals surface area contributed by atoms with Crippen molar-refractivity contribution < 1.29 is 8.83 Å². The normalized spacial score (nSPS) is 11.3. The number of furan rings is 1. The molecule has 0 saturated carbocycles. The molecule has 0 spiro atoms. The molecule has 11 rings (SSSR count). The lowest BCUT2D eigenvalue weighted by molar-refractivity contribution is 0.620. The molecule has 0 amide bonds. The standard InChI is InChI=1S/C55H37N3O2/c1-5-18-38(19-6-1)41-24-17-27-43(34-41)57(44-32-33-53-48(35-44)47-29-14-16-31-52(47)59-53)45-36-49-54(60-55(56-49)40-22-9-3-10-23-40)51(37-45)58(42-25-11-4-12-26-42)50-30-15-13-28-46(50)39-20-7-2-8-21-39/h1-37H. The van der Waals surface area contributed by atoms with Gasteiger partial charge in [-0.1, -0.05) is 146 Å². The first-order chi connectivity index (χ1) is 29.7. The first-order valence-corrected chi connectivity index (χ1v) is 20.1. The van der Waals surface area contributed by atoms with E-state index >= 15 is 0 Å². The predicted octanol–water partition coefficient (Wildman–Crippen LogP) is 15.7. The summed E-state index contributed by atoms with van der Waals surface area (Å²) in [5.41, 5.74) is 14.2. The van der Waals surface area contributed by atoms with Crippen LogP contribution >= 0.6 is 0 Å². The SMILES string of the molecule is c1ccc(-c2cccc(N(c3cc(N(c4ccccc4)c4ccccc4-c4ccccc4)c4oc(-c5ccccc5)nc4c3)c3ccc4oc5ccccc5c4c3)c2)cc1. The Bertz CT molecular complexity index is 3270. The number of fused-ring (bicyclic) bond motifs is 4. The maximum atomic E-state index is 6.89. The molecular formula is C55H37N3O2. The minimum atomic E-state index is 0.553. The predicted molar refractivity (Wildman–Crippen MR) is 247 cm³/mol. The summed E-state index contributed by atoms with van der Waals surface area (Å²) in [4.78, 5) is 9.86. The third kappa shape index (κ3) is 6.35. The maximum absolute atomic E-state index is 6.89. The van der Waals surface area contributed by atoms with Gasteiger partial charge in [0.15, 0.2) is 5.58 Å². The zero-order chi connectivity index (χ0) is 39.8. The number of hydrogen-bond donors (Lipinski definition) is 0. The fourth-order valence-corrected chi connectivity index (χ4v) is 8.27. The van der Waals surface area contributed by atoms with Crippen molar-refractivity contribution in [3.05, 3.63) is 224 Å². The van der Waals surface area contributed by atoms with Crippen LogP contribution in [-0.2, 0) is 0 Å². The zero-order valence-electron chi connectivity index (χ0n) is 32.5. The summed E-state index contributed by atoms with van der Waals surface area (Å²) in [6, 6.07) is 78.0. The summed E-state index contributed by atoms with van der Waals surface area (Å²) in [6.07, 6.45) is 0. The van der Waals surface area contributed by atoms with E-state index in [0.717, 1.165) is 89.4 Å².